The largest absolute Gasteiger partial charge is 0.416 e. The third kappa shape index (κ3) is 4.76. The smallest absolute Gasteiger partial charge is 0.387 e. The van der Waals surface area contributed by atoms with Gasteiger partial charge < -0.3 is 20.3 Å². The van der Waals surface area contributed by atoms with Crippen LogP contribution in [-0.2, 0) is 13.2 Å². The van der Waals surface area contributed by atoms with Crippen LogP contribution in [-0.4, -0.2) is 22.2 Å². The minimum atomic E-state index is -4.46. The van der Waals surface area contributed by atoms with Gasteiger partial charge in [0.25, 0.3) is 0 Å². The molecule has 5 nitrogen and oxygen atoms in total. The highest BCUT2D eigenvalue weighted by molar-refractivity contribution is 5.89. The van der Waals surface area contributed by atoms with Crippen LogP contribution in [0.25, 0.3) is 0 Å². The predicted octanol–water partition coefficient (Wildman–Crippen LogP) is 3.29. The Morgan fingerprint density at radius 1 is 1.29 bits per heavy atom. The van der Waals surface area contributed by atoms with E-state index in [2.05, 4.69) is 10.6 Å². The molecule has 3 N–H and O–H groups in total. The molecule has 0 aliphatic rings. The van der Waals surface area contributed by atoms with E-state index in [-0.39, 0.29) is 18.7 Å². The number of nitrogens with zero attached hydrogens (tertiary/aromatic N) is 1. The average Bonchev–Trinajstić information content (AvgIpc) is 2.92. The van der Waals surface area contributed by atoms with E-state index in [0.717, 1.165) is 17.8 Å². The van der Waals surface area contributed by atoms with Crippen molar-refractivity contribution in [2.45, 2.75) is 18.7 Å². The minimum Gasteiger partial charge on any atom is -0.387 e. The lowest BCUT2D eigenvalue weighted by atomic mass is 10.2. The zero-order valence-corrected chi connectivity index (χ0v) is 13.0. The number of aromatic nitrogens is 1. The molecule has 2 rings (SSSR count). The molecule has 1 atom stereocenters. The van der Waals surface area contributed by atoms with Crippen molar-refractivity contribution in [2.75, 3.05) is 11.9 Å². The number of urea groups is 1. The highest BCUT2D eigenvalue weighted by Gasteiger charge is 2.30. The van der Waals surface area contributed by atoms with E-state index in [9.17, 15) is 23.1 Å². The van der Waals surface area contributed by atoms with Gasteiger partial charge >= 0.3 is 12.2 Å². The number of rotatable bonds is 5. The second-order valence-corrected chi connectivity index (χ2v) is 5.31. The van der Waals surface area contributed by atoms with Gasteiger partial charge in [-0.25, -0.2) is 4.79 Å². The number of alkyl halides is 3. The van der Waals surface area contributed by atoms with Gasteiger partial charge in [-0.15, -0.1) is 0 Å². The lowest BCUT2D eigenvalue weighted by Gasteiger charge is -2.13. The Morgan fingerprint density at radius 2 is 2.04 bits per heavy atom. The average molecular weight is 341 g/mol. The standard InChI is InChI=1S/C16H18F3N3O2/c1-22-9-3-6-13(22)14(23)7-8-20-15(24)21-12-5-2-4-11(10-12)16(17,18)19/h2-6,9-10,14,23H,7-8H2,1H3,(H2,20,21,24). The molecule has 0 saturated heterocycles. The summed E-state index contributed by atoms with van der Waals surface area (Å²) in [5.74, 6) is 0. The lowest BCUT2D eigenvalue weighted by molar-refractivity contribution is -0.137. The number of carbonyl (C=O) groups is 1. The summed E-state index contributed by atoms with van der Waals surface area (Å²) in [6, 6.07) is 7.32. The van der Waals surface area contributed by atoms with Crippen molar-refractivity contribution in [1.82, 2.24) is 9.88 Å². The molecule has 0 fully saturated rings. The molecule has 1 aromatic heterocycles. The third-order valence-electron chi connectivity index (χ3n) is 3.48. The van der Waals surface area contributed by atoms with Gasteiger partial charge in [0.15, 0.2) is 0 Å². The van der Waals surface area contributed by atoms with Crippen LogP contribution in [0.3, 0.4) is 0 Å². The minimum absolute atomic E-state index is 0.0466. The summed E-state index contributed by atoms with van der Waals surface area (Å²) in [4.78, 5) is 11.7. The van der Waals surface area contributed by atoms with Gasteiger partial charge in [0.05, 0.1) is 11.7 Å². The van der Waals surface area contributed by atoms with E-state index >= 15 is 0 Å². The zero-order chi connectivity index (χ0) is 17.7. The summed E-state index contributed by atoms with van der Waals surface area (Å²) in [6.45, 7) is 0.178. The first-order valence-electron chi connectivity index (χ1n) is 7.29. The Balaban J connectivity index is 1.83. The van der Waals surface area contributed by atoms with Gasteiger partial charge in [0, 0.05) is 31.2 Å². The SMILES string of the molecule is Cn1cccc1C(O)CCNC(=O)Nc1cccc(C(F)(F)F)c1. The van der Waals surface area contributed by atoms with Gasteiger partial charge in [0.1, 0.15) is 0 Å². The van der Waals surface area contributed by atoms with Gasteiger partial charge in [-0.3, -0.25) is 0 Å². The van der Waals surface area contributed by atoms with Crippen molar-refractivity contribution in [2.24, 2.45) is 7.05 Å². The van der Waals surface area contributed by atoms with Crippen LogP contribution in [0.1, 0.15) is 23.8 Å². The molecule has 0 aliphatic carbocycles. The van der Waals surface area contributed by atoms with Crippen molar-refractivity contribution < 1.29 is 23.1 Å². The third-order valence-corrected chi connectivity index (χ3v) is 3.48. The molecule has 1 heterocycles. The molecule has 1 aromatic carbocycles. The molecule has 0 saturated carbocycles. The molecule has 24 heavy (non-hydrogen) atoms. The fourth-order valence-corrected chi connectivity index (χ4v) is 2.24. The lowest BCUT2D eigenvalue weighted by Crippen LogP contribution is -2.30. The van der Waals surface area contributed by atoms with Crippen LogP contribution in [0.4, 0.5) is 23.7 Å². The molecular weight excluding hydrogens is 323 g/mol. The number of aliphatic hydroxyl groups excluding tert-OH is 1. The van der Waals surface area contributed by atoms with E-state index < -0.39 is 23.9 Å². The van der Waals surface area contributed by atoms with Gasteiger partial charge in [-0.1, -0.05) is 6.07 Å². The van der Waals surface area contributed by atoms with Crippen molar-refractivity contribution in [3.05, 3.63) is 53.9 Å². The number of hydrogen-bond acceptors (Lipinski definition) is 2. The molecule has 0 bridgehead atoms. The van der Waals surface area contributed by atoms with Crippen LogP contribution >= 0.6 is 0 Å². The van der Waals surface area contributed by atoms with Gasteiger partial charge in [0.2, 0.25) is 0 Å². The fourth-order valence-electron chi connectivity index (χ4n) is 2.24. The second-order valence-electron chi connectivity index (χ2n) is 5.31. The Kier molecular flexibility index (Phi) is 5.50. The number of amides is 2. The summed E-state index contributed by atoms with van der Waals surface area (Å²) in [7, 11) is 1.80. The van der Waals surface area contributed by atoms with Crippen LogP contribution in [0, 0.1) is 0 Å². The molecular formula is C16H18F3N3O2. The van der Waals surface area contributed by atoms with E-state index in [4.69, 9.17) is 0 Å². The summed E-state index contributed by atoms with van der Waals surface area (Å²) in [6.07, 6.45) is -3.12. The number of hydrogen-bond donors (Lipinski definition) is 3. The zero-order valence-electron chi connectivity index (χ0n) is 13.0. The van der Waals surface area contributed by atoms with E-state index in [1.165, 1.54) is 12.1 Å². The van der Waals surface area contributed by atoms with Crippen molar-refractivity contribution in [3.63, 3.8) is 0 Å². The molecule has 130 valence electrons. The monoisotopic (exact) mass is 341 g/mol. The Labute approximate surface area is 137 Å². The maximum Gasteiger partial charge on any atom is 0.416 e. The Bertz CT molecular complexity index is 698. The van der Waals surface area contributed by atoms with Crippen LogP contribution < -0.4 is 10.6 Å². The summed E-state index contributed by atoms with van der Waals surface area (Å²) >= 11 is 0. The number of aryl methyl sites for hydroxylation is 1. The molecule has 0 radical (unpaired) electrons. The fraction of sp³-hybridized carbons (Fsp3) is 0.312. The second kappa shape index (κ2) is 7.39. The van der Waals surface area contributed by atoms with Crippen LogP contribution in [0.15, 0.2) is 42.6 Å². The maximum atomic E-state index is 12.6. The van der Waals surface area contributed by atoms with Gasteiger partial charge in [-0.05, 0) is 36.8 Å². The first kappa shape index (κ1) is 17.9. The van der Waals surface area contributed by atoms with Crippen LogP contribution in [0.2, 0.25) is 0 Å². The van der Waals surface area contributed by atoms with Crippen molar-refractivity contribution in [3.8, 4) is 0 Å². The first-order valence-corrected chi connectivity index (χ1v) is 7.29. The predicted molar refractivity (Wildman–Crippen MR) is 83.5 cm³/mol. The summed E-state index contributed by atoms with van der Waals surface area (Å²) < 4.78 is 39.6. The molecule has 0 aliphatic heterocycles. The van der Waals surface area contributed by atoms with E-state index in [1.807, 2.05) is 0 Å². The molecule has 0 spiro atoms. The highest BCUT2D eigenvalue weighted by atomic mass is 19.4. The number of anilines is 1. The normalized spacial score (nSPS) is 12.7. The number of aliphatic hydroxyl groups is 1. The highest BCUT2D eigenvalue weighted by Crippen LogP contribution is 2.30. The number of nitrogens with one attached hydrogen (secondary N) is 2. The van der Waals surface area contributed by atoms with E-state index in [1.54, 1.807) is 29.9 Å². The number of benzene rings is 1. The number of carbonyl (C=O) groups excluding carboxylic acids is 1. The van der Waals surface area contributed by atoms with Crippen LogP contribution in [0.5, 0.6) is 0 Å². The maximum absolute atomic E-state index is 12.6. The molecule has 1 unspecified atom stereocenters. The Morgan fingerprint density at radius 3 is 2.67 bits per heavy atom. The van der Waals surface area contributed by atoms with Crippen molar-refractivity contribution >= 4 is 11.7 Å². The topological polar surface area (TPSA) is 66.3 Å². The summed E-state index contributed by atoms with van der Waals surface area (Å²) in [5.41, 5.74) is -0.0696. The van der Waals surface area contributed by atoms with E-state index in [0.29, 0.717) is 0 Å². The Hall–Kier alpha value is -2.48. The molecule has 8 heteroatoms. The molecule has 2 aromatic rings. The number of halogens is 3. The quantitative estimate of drug-likeness (QED) is 0.781. The van der Waals surface area contributed by atoms with Crippen molar-refractivity contribution in [1.29, 1.82) is 0 Å². The van der Waals surface area contributed by atoms with Gasteiger partial charge in [-0.2, -0.15) is 13.2 Å². The molecule has 2 amide bonds. The first-order chi connectivity index (χ1) is 11.3. The summed E-state index contributed by atoms with van der Waals surface area (Å²) in [5, 5.41) is 14.8.